The molecule has 0 bridgehead atoms. The molecule has 5 heteroatoms. The van der Waals surface area contributed by atoms with Crippen molar-refractivity contribution in [3.8, 4) is 6.07 Å². The molecule has 0 aliphatic heterocycles. The maximum atomic E-state index is 12.9. The Hall–Kier alpha value is -1.41. The Morgan fingerprint density at radius 3 is 2.88 bits per heavy atom. The van der Waals surface area contributed by atoms with Gasteiger partial charge in [-0.05, 0) is 31.0 Å². The number of hydrogen-bond donors (Lipinski definition) is 1. The number of nitrogens with zero attached hydrogens (tertiary/aromatic N) is 1. The van der Waals surface area contributed by atoms with E-state index in [9.17, 15) is 8.60 Å². The van der Waals surface area contributed by atoms with Gasteiger partial charge in [0, 0.05) is 17.9 Å². The molecule has 0 saturated carbocycles. The Morgan fingerprint density at radius 1 is 1.44 bits per heavy atom. The Kier molecular flexibility index (Phi) is 4.93. The summed E-state index contributed by atoms with van der Waals surface area (Å²) in [6.07, 6.45) is 1.84. The maximum absolute atomic E-state index is 12.9. The van der Waals surface area contributed by atoms with Crippen molar-refractivity contribution < 1.29 is 8.60 Å². The summed E-state index contributed by atoms with van der Waals surface area (Å²) in [5.74, 6) is -0.0235. The maximum Gasteiger partial charge on any atom is 0.124 e. The standard InChI is InChI=1S/C11H13FN2OS/c12-9-4-5-10(14)11(8-9)16(15)7-3-1-2-6-13/h4-5,8H,1-3,7,14H2. The summed E-state index contributed by atoms with van der Waals surface area (Å²) in [5, 5.41) is 8.33. The Balaban J connectivity index is 2.59. The van der Waals surface area contributed by atoms with Gasteiger partial charge in [-0.15, -0.1) is 0 Å². The molecule has 16 heavy (non-hydrogen) atoms. The first-order valence-corrected chi connectivity index (χ1v) is 6.27. The van der Waals surface area contributed by atoms with Crippen molar-refractivity contribution in [2.45, 2.75) is 24.2 Å². The molecule has 3 nitrogen and oxygen atoms in total. The quantitative estimate of drug-likeness (QED) is 0.633. The molecule has 1 atom stereocenters. The van der Waals surface area contributed by atoms with E-state index in [4.69, 9.17) is 11.0 Å². The van der Waals surface area contributed by atoms with Gasteiger partial charge in [0.15, 0.2) is 0 Å². The van der Waals surface area contributed by atoms with E-state index in [0.717, 1.165) is 0 Å². The summed E-state index contributed by atoms with van der Waals surface area (Å²) in [6, 6.07) is 5.88. The number of rotatable bonds is 5. The van der Waals surface area contributed by atoms with E-state index in [1.807, 2.05) is 6.07 Å². The summed E-state index contributed by atoms with van der Waals surface area (Å²) >= 11 is 0. The van der Waals surface area contributed by atoms with Gasteiger partial charge in [0.05, 0.1) is 21.8 Å². The summed E-state index contributed by atoms with van der Waals surface area (Å²) in [5.41, 5.74) is 5.96. The Morgan fingerprint density at radius 2 is 2.19 bits per heavy atom. The lowest BCUT2D eigenvalue weighted by atomic mass is 10.3. The number of unbranched alkanes of at least 4 members (excludes halogenated alkanes) is 2. The molecule has 0 aliphatic carbocycles. The van der Waals surface area contributed by atoms with E-state index in [0.29, 0.717) is 35.6 Å². The van der Waals surface area contributed by atoms with Crippen molar-refractivity contribution in [3.63, 3.8) is 0 Å². The zero-order chi connectivity index (χ0) is 12.0. The monoisotopic (exact) mass is 240 g/mol. The zero-order valence-corrected chi connectivity index (χ0v) is 9.60. The van der Waals surface area contributed by atoms with Gasteiger partial charge < -0.3 is 5.73 Å². The fraction of sp³-hybridized carbons (Fsp3) is 0.364. The first kappa shape index (κ1) is 12.7. The first-order chi connectivity index (χ1) is 7.65. The molecule has 0 amide bonds. The molecule has 0 aromatic heterocycles. The van der Waals surface area contributed by atoms with Crippen LogP contribution in [0.15, 0.2) is 23.1 Å². The lowest BCUT2D eigenvalue weighted by molar-refractivity contribution is 0.623. The molecule has 0 saturated heterocycles. The van der Waals surface area contributed by atoms with Crippen LogP contribution in [0.1, 0.15) is 19.3 Å². The van der Waals surface area contributed by atoms with Gasteiger partial charge in [0.1, 0.15) is 5.82 Å². The SMILES string of the molecule is N#CCCCCS(=O)c1cc(F)ccc1N. The molecule has 0 aliphatic rings. The highest BCUT2D eigenvalue weighted by atomic mass is 32.2. The van der Waals surface area contributed by atoms with Gasteiger partial charge in [0.2, 0.25) is 0 Å². The summed E-state index contributed by atoms with van der Waals surface area (Å²) in [4.78, 5) is 0.344. The minimum absolute atomic E-state index is 0.344. The molecular weight excluding hydrogens is 227 g/mol. The van der Waals surface area contributed by atoms with Gasteiger partial charge in [-0.3, -0.25) is 4.21 Å². The molecule has 1 aromatic rings. The predicted molar refractivity (Wildman–Crippen MR) is 61.6 cm³/mol. The first-order valence-electron chi connectivity index (χ1n) is 4.95. The summed E-state index contributed by atoms with van der Waals surface area (Å²) < 4.78 is 24.7. The number of benzene rings is 1. The fourth-order valence-corrected chi connectivity index (χ4v) is 2.51. The van der Waals surface area contributed by atoms with Crippen LogP contribution >= 0.6 is 0 Å². The van der Waals surface area contributed by atoms with Gasteiger partial charge in [-0.1, -0.05) is 0 Å². The number of anilines is 1. The molecular formula is C11H13FN2OS. The Labute approximate surface area is 96.5 Å². The molecule has 2 N–H and O–H groups in total. The molecule has 1 unspecified atom stereocenters. The largest absolute Gasteiger partial charge is 0.398 e. The molecule has 0 radical (unpaired) electrons. The van der Waals surface area contributed by atoms with Gasteiger partial charge in [-0.25, -0.2) is 4.39 Å². The van der Waals surface area contributed by atoms with Crippen LogP contribution in [-0.4, -0.2) is 9.96 Å². The smallest absolute Gasteiger partial charge is 0.124 e. The van der Waals surface area contributed by atoms with Gasteiger partial charge >= 0.3 is 0 Å². The third-order valence-electron chi connectivity index (χ3n) is 2.09. The summed E-state index contributed by atoms with van der Waals surface area (Å²) in [6.45, 7) is 0. The van der Waals surface area contributed by atoms with Gasteiger partial charge in [0.25, 0.3) is 0 Å². The molecule has 1 rings (SSSR count). The third-order valence-corrected chi connectivity index (χ3v) is 3.59. The lowest BCUT2D eigenvalue weighted by Crippen LogP contribution is -2.02. The van der Waals surface area contributed by atoms with Crippen molar-refractivity contribution in [1.29, 1.82) is 5.26 Å². The highest BCUT2D eigenvalue weighted by Crippen LogP contribution is 2.18. The minimum atomic E-state index is -1.28. The topological polar surface area (TPSA) is 66.9 Å². The minimum Gasteiger partial charge on any atom is -0.398 e. The van der Waals surface area contributed by atoms with Crippen LogP contribution in [0, 0.1) is 17.1 Å². The van der Waals surface area contributed by atoms with E-state index in [2.05, 4.69) is 0 Å². The highest BCUT2D eigenvalue weighted by Gasteiger charge is 2.08. The van der Waals surface area contributed by atoms with E-state index >= 15 is 0 Å². The number of nitrogens with two attached hydrogens (primary N) is 1. The van der Waals surface area contributed by atoms with E-state index in [1.165, 1.54) is 18.2 Å². The van der Waals surface area contributed by atoms with Crippen molar-refractivity contribution in [1.82, 2.24) is 0 Å². The second-order valence-electron chi connectivity index (χ2n) is 3.35. The fourth-order valence-electron chi connectivity index (χ4n) is 1.25. The average Bonchev–Trinajstić information content (AvgIpc) is 2.27. The van der Waals surface area contributed by atoms with E-state index < -0.39 is 16.6 Å². The van der Waals surface area contributed by atoms with Crippen LogP contribution in [0.25, 0.3) is 0 Å². The van der Waals surface area contributed by atoms with Crippen LogP contribution in [-0.2, 0) is 10.8 Å². The average molecular weight is 240 g/mol. The zero-order valence-electron chi connectivity index (χ0n) is 8.78. The summed E-state index contributed by atoms with van der Waals surface area (Å²) in [7, 11) is -1.28. The van der Waals surface area contributed by atoms with Crippen molar-refractivity contribution in [2.75, 3.05) is 11.5 Å². The molecule has 0 spiro atoms. The highest BCUT2D eigenvalue weighted by molar-refractivity contribution is 7.85. The van der Waals surface area contributed by atoms with Crippen molar-refractivity contribution in [2.24, 2.45) is 0 Å². The second kappa shape index (κ2) is 6.23. The van der Waals surface area contributed by atoms with Gasteiger partial charge in [-0.2, -0.15) is 5.26 Å². The number of halogens is 1. The third kappa shape index (κ3) is 3.63. The second-order valence-corrected chi connectivity index (χ2v) is 4.89. The van der Waals surface area contributed by atoms with Crippen LogP contribution < -0.4 is 5.73 Å². The number of hydrogen-bond acceptors (Lipinski definition) is 3. The predicted octanol–water partition coefficient (Wildman–Crippen LogP) is 2.21. The molecule has 86 valence electrons. The lowest BCUT2D eigenvalue weighted by Gasteiger charge is -2.05. The number of nitrogen functional groups attached to an aromatic ring is 1. The molecule has 1 aromatic carbocycles. The van der Waals surface area contributed by atoms with Crippen molar-refractivity contribution >= 4 is 16.5 Å². The van der Waals surface area contributed by atoms with Crippen molar-refractivity contribution in [3.05, 3.63) is 24.0 Å². The Bertz CT molecular complexity index is 428. The normalized spacial score (nSPS) is 12.0. The number of nitriles is 1. The van der Waals surface area contributed by atoms with Crippen LogP contribution in [0.4, 0.5) is 10.1 Å². The molecule has 0 fully saturated rings. The van der Waals surface area contributed by atoms with Crippen LogP contribution in [0.2, 0.25) is 0 Å². The van der Waals surface area contributed by atoms with E-state index in [1.54, 1.807) is 0 Å². The van der Waals surface area contributed by atoms with Crippen LogP contribution in [0.5, 0.6) is 0 Å². The van der Waals surface area contributed by atoms with E-state index in [-0.39, 0.29) is 0 Å². The van der Waals surface area contributed by atoms with Crippen LogP contribution in [0.3, 0.4) is 0 Å². The molecule has 0 heterocycles.